The van der Waals surface area contributed by atoms with Gasteiger partial charge in [-0.2, -0.15) is 0 Å². The van der Waals surface area contributed by atoms with Crippen molar-refractivity contribution in [3.05, 3.63) is 46.8 Å². The molecule has 2 rings (SSSR count). The zero-order valence-electron chi connectivity index (χ0n) is 7.53. The summed E-state index contributed by atoms with van der Waals surface area (Å²) in [5.41, 5.74) is 5.86. The molecule has 14 heavy (non-hydrogen) atoms. The van der Waals surface area contributed by atoms with Crippen molar-refractivity contribution < 1.29 is 0 Å². The van der Waals surface area contributed by atoms with Gasteiger partial charge in [0.15, 0.2) is 0 Å². The molecular formula is C11H10ClNS. The highest BCUT2D eigenvalue weighted by Crippen LogP contribution is 2.33. The van der Waals surface area contributed by atoms with Crippen LogP contribution >= 0.6 is 22.9 Å². The van der Waals surface area contributed by atoms with E-state index in [1.165, 1.54) is 4.70 Å². The van der Waals surface area contributed by atoms with E-state index in [2.05, 4.69) is 6.58 Å². The minimum Gasteiger partial charge on any atom is -0.320 e. The summed E-state index contributed by atoms with van der Waals surface area (Å²) in [5, 5.41) is 1.85. The quantitative estimate of drug-likeness (QED) is 0.772. The summed E-state index contributed by atoms with van der Waals surface area (Å²) in [6, 6.07) is 7.83. The molecule has 1 nitrogen and oxygen atoms in total. The number of thiophene rings is 1. The maximum Gasteiger partial charge on any atom is 0.0573 e. The van der Waals surface area contributed by atoms with Crippen LogP contribution in [0, 0.1) is 0 Å². The fraction of sp³-hybridized carbons (Fsp3) is 0.0909. The molecule has 0 saturated heterocycles. The van der Waals surface area contributed by atoms with Gasteiger partial charge in [0, 0.05) is 20.0 Å². The van der Waals surface area contributed by atoms with Crippen molar-refractivity contribution in [3.8, 4) is 0 Å². The SMILES string of the molecule is C=CC(N)c1cc2c(Cl)cccc2s1. The predicted octanol–water partition coefficient (Wildman–Crippen LogP) is 3.74. The van der Waals surface area contributed by atoms with Crippen LogP contribution in [0.15, 0.2) is 36.9 Å². The van der Waals surface area contributed by atoms with Gasteiger partial charge in [-0.15, -0.1) is 17.9 Å². The molecule has 0 saturated carbocycles. The number of nitrogens with two attached hydrogens (primary N) is 1. The number of hydrogen-bond acceptors (Lipinski definition) is 2. The van der Waals surface area contributed by atoms with Gasteiger partial charge in [0.2, 0.25) is 0 Å². The molecule has 0 fully saturated rings. The van der Waals surface area contributed by atoms with Crippen LogP contribution in [0.5, 0.6) is 0 Å². The van der Waals surface area contributed by atoms with Crippen LogP contribution in [0.25, 0.3) is 10.1 Å². The van der Waals surface area contributed by atoms with E-state index in [1.54, 1.807) is 17.4 Å². The third-order valence-electron chi connectivity index (χ3n) is 2.11. The van der Waals surface area contributed by atoms with E-state index in [1.807, 2.05) is 24.3 Å². The van der Waals surface area contributed by atoms with Gasteiger partial charge in [-0.3, -0.25) is 0 Å². The van der Waals surface area contributed by atoms with Gasteiger partial charge in [-0.25, -0.2) is 0 Å². The fourth-order valence-electron chi connectivity index (χ4n) is 1.33. The molecule has 0 radical (unpaired) electrons. The predicted molar refractivity (Wildman–Crippen MR) is 64.0 cm³/mol. The summed E-state index contributed by atoms with van der Waals surface area (Å²) in [6.07, 6.45) is 1.73. The standard InChI is InChI=1S/C11H10ClNS/c1-2-9(13)11-6-7-8(12)4-3-5-10(7)14-11/h2-6,9H,1,13H2. The molecule has 0 bridgehead atoms. The number of fused-ring (bicyclic) bond motifs is 1. The van der Waals surface area contributed by atoms with Crippen molar-refractivity contribution >= 4 is 33.0 Å². The Balaban J connectivity index is 2.62. The first-order chi connectivity index (χ1) is 6.72. The smallest absolute Gasteiger partial charge is 0.0573 e. The average molecular weight is 224 g/mol. The maximum atomic E-state index is 6.06. The Morgan fingerprint density at radius 3 is 2.93 bits per heavy atom. The monoisotopic (exact) mass is 223 g/mol. The molecule has 0 aliphatic carbocycles. The molecular weight excluding hydrogens is 214 g/mol. The third kappa shape index (κ3) is 1.57. The Labute approximate surface area is 91.8 Å². The van der Waals surface area contributed by atoms with Gasteiger partial charge in [-0.1, -0.05) is 23.7 Å². The van der Waals surface area contributed by atoms with Crippen LogP contribution in [0.2, 0.25) is 5.02 Å². The summed E-state index contributed by atoms with van der Waals surface area (Å²) in [6.45, 7) is 3.68. The number of hydrogen-bond donors (Lipinski definition) is 1. The molecule has 0 spiro atoms. The van der Waals surface area contributed by atoms with Crippen molar-refractivity contribution in [3.63, 3.8) is 0 Å². The third-order valence-corrected chi connectivity index (χ3v) is 3.64. The van der Waals surface area contributed by atoms with Crippen molar-refractivity contribution in [2.24, 2.45) is 5.73 Å². The molecule has 1 unspecified atom stereocenters. The van der Waals surface area contributed by atoms with Crippen LogP contribution in [0.3, 0.4) is 0 Å². The lowest BCUT2D eigenvalue weighted by Crippen LogP contribution is -2.03. The molecule has 2 aromatic rings. The number of halogens is 1. The average Bonchev–Trinajstić information content (AvgIpc) is 2.62. The van der Waals surface area contributed by atoms with E-state index in [9.17, 15) is 0 Å². The Hall–Kier alpha value is -0.830. The Kier molecular flexibility index (Phi) is 2.59. The minimum absolute atomic E-state index is 0.0940. The second-order valence-corrected chi connectivity index (χ2v) is 4.58. The van der Waals surface area contributed by atoms with Crippen LogP contribution in [0.4, 0.5) is 0 Å². The maximum absolute atomic E-state index is 6.06. The Morgan fingerprint density at radius 2 is 2.29 bits per heavy atom. The van der Waals surface area contributed by atoms with Gasteiger partial charge in [-0.05, 0) is 18.2 Å². The van der Waals surface area contributed by atoms with E-state index in [0.29, 0.717) is 0 Å². The van der Waals surface area contributed by atoms with Gasteiger partial charge in [0.25, 0.3) is 0 Å². The molecule has 1 atom stereocenters. The first kappa shape index (κ1) is 9.71. The normalized spacial score (nSPS) is 13.0. The highest BCUT2D eigenvalue weighted by molar-refractivity contribution is 7.19. The molecule has 0 aliphatic rings. The summed E-state index contributed by atoms with van der Waals surface area (Å²) in [5.74, 6) is 0. The van der Waals surface area contributed by atoms with E-state index in [-0.39, 0.29) is 6.04 Å². The lowest BCUT2D eigenvalue weighted by atomic mass is 10.2. The van der Waals surface area contributed by atoms with Gasteiger partial charge < -0.3 is 5.73 Å². The van der Waals surface area contributed by atoms with E-state index < -0.39 is 0 Å². The molecule has 1 aromatic carbocycles. The Morgan fingerprint density at radius 1 is 1.50 bits per heavy atom. The first-order valence-electron chi connectivity index (χ1n) is 4.28. The topological polar surface area (TPSA) is 26.0 Å². The van der Waals surface area contributed by atoms with Crippen molar-refractivity contribution in [1.82, 2.24) is 0 Å². The van der Waals surface area contributed by atoms with Gasteiger partial charge in [0.1, 0.15) is 0 Å². The van der Waals surface area contributed by atoms with Crippen LogP contribution in [0.1, 0.15) is 10.9 Å². The summed E-state index contributed by atoms with van der Waals surface area (Å²) in [4.78, 5) is 1.10. The van der Waals surface area contributed by atoms with Crippen LogP contribution < -0.4 is 5.73 Å². The highest BCUT2D eigenvalue weighted by atomic mass is 35.5. The lowest BCUT2D eigenvalue weighted by molar-refractivity contribution is 0.941. The van der Waals surface area contributed by atoms with Crippen molar-refractivity contribution in [2.75, 3.05) is 0 Å². The summed E-state index contributed by atoms with van der Waals surface area (Å²) in [7, 11) is 0. The van der Waals surface area contributed by atoms with Crippen molar-refractivity contribution in [1.29, 1.82) is 0 Å². The van der Waals surface area contributed by atoms with Crippen LogP contribution in [-0.4, -0.2) is 0 Å². The molecule has 1 heterocycles. The number of rotatable bonds is 2. The number of benzene rings is 1. The zero-order chi connectivity index (χ0) is 10.1. The molecule has 0 amide bonds. The van der Waals surface area contributed by atoms with E-state index in [4.69, 9.17) is 17.3 Å². The summed E-state index contributed by atoms with van der Waals surface area (Å²) >= 11 is 7.72. The van der Waals surface area contributed by atoms with Crippen molar-refractivity contribution in [2.45, 2.75) is 6.04 Å². The minimum atomic E-state index is -0.0940. The Bertz CT molecular complexity index is 475. The van der Waals surface area contributed by atoms with Gasteiger partial charge >= 0.3 is 0 Å². The first-order valence-corrected chi connectivity index (χ1v) is 5.48. The van der Waals surface area contributed by atoms with E-state index >= 15 is 0 Å². The molecule has 2 N–H and O–H groups in total. The largest absolute Gasteiger partial charge is 0.320 e. The molecule has 1 aromatic heterocycles. The highest BCUT2D eigenvalue weighted by Gasteiger charge is 2.08. The van der Waals surface area contributed by atoms with E-state index in [0.717, 1.165) is 15.3 Å². The lowest BCUT2D eigenvalue weighted by Gasteiger charge is -1.99. The second-order valence-electron chi connectivity index (χ2n) is 3.06. The second kappa shape index (κ2) is 3.73. The zero-order valence-corrected chi connectivity index (χ0v) is 9.11. The fourth-order valence-corrected chi connectivity index (χ4v) is 2.70. The molecule has 3 heteroatoms. The molecule has 0 aliphatic heterocycles. The van der Waals surface area contributed by atoms with Crippen LogP contribution in [-0.2, 0) is 0 Å². The van der Waals surface area contributed by atoms with Gasteiger partial charge in [0.05, 0.1) is 6.04 Å². The summed E-state index contributed by atoms with van der Waals surface area (Å²) < 4.78 is 1.17. The molecule has 72 valence electrons.